The fraction of sp³-hybridized carbons (Fsp3) is 0.867. The van der Waals surface area contributed by atoms with Gasteiger partial charge in [-0.3, -0.25) is 9.59 Å². The highest BCUT2D eigenvalue weighted by Gasteiger charge is 2.23. The topological polar surface area (TPSA) is 46.6 Å². The van der Waals surface area contributed by atoms with Crippen molar-refractivity contribution in [2.45, 2.75) is 51.9 Å². The Kier molecular flexibility index (Phi) is 8.47. The second kappa shape index (κ2) is 9.96. The average Bonchev–Trinajstić information content (AvgIpc) is 2.45. The van der Waals surface area contributed by atoms with Crippen molar-refractivity contribution in [3.8, 4) is 0 Å². The Morgan fingerprint density at radius 3 is 2.63 bits per heavy atom. The van der Waals surface area contributed by atoms with E-state index in [2.05, 4.69) is 16.6 Å². The van der Waals surface area contributed by atoms with Gasteiger partial charge in [-0.25, -0.2) is 0 Å². The van der Waals surface area contributed by atoms with Crippen molar-refractivity contribution in [1.82, 2.24) is 4.90 Å². The van der Waals surface area contributed by atoms with E-state index in [1.54, 1.807) is 0 Å². The maximum atomic E-state index is 11.9. The maximum absolute atomic E-state index is 11.9. The number of carbonyl (C=O) groups is 2. The molecule has 0 radical (unpaired) electrons. The Hall–Kier alpha value is -0.900. The summed E-state index contributed by atoms with van der Waals surface area (Å²) in [6.45, 7) is 6.29. The second-order valence-corrected chi connectivity index (χ2v) is 5.36. The Balaban J connectivity index is 2.08. The van der Waals surface area contributed by atoms with Crippen LogP contribution < -0.4 is 0 Å². The molecule has 0 unspecified atom stereocenters. The van der Waals surface area contributed by atoms with Crippen molar-refractivity contribution in [2.24, 2.45) is 5.92 Å². The van der Waals surface area contributed by atoms with Gasteiger partial charge in [-0.2, -0.15) is 0 Å². The number of ketones is 1. The number of hydrogen-bond acceptors (Lipinski definition) is 4. The number of ether oxygens (including phenoxy) is 1. The number of unbranched alkanes of at least 4 members (excludes halogenated alkanes) is 2. The first kappa shape index (κ1) is 16.2. The number of rotatable bonds is 10. The summed E-state index contributed by atoms with van der Waals surface area (Å²) >= 11 is 0. The van der Waals surface area contributed by atoms with Crippen molar-refractivity contribution < 1.29 is 14.3 Å². The van der Waals surface area contributed by atoms with Crippen LogP contribution >= 0.6 is 0 Å². The van der Waals surface area contributed by atoms with E-state index in [1.165, 1.54) is 0 Å². The molecule has 4 nitrogen and oxygen atoms in total. The summed E-state index contributed by atoms with van der Waals surface area (Å²) in [5, 5.41) is 0. The van der Waals surface area contributed by atoms with Crippen LogP contribution in [0.1, 0.15) is 51.9 Å². The first-order chi connectivity index (χ1) is 9.27. The molecule has 0 aromatic rings. The number of likely N-dealkylation sites (tertiary alicyclic amines) is 1. The van der Waals surface area contributed by atoms with Gasteiger partial charge in [0, 0.05) is 12.3 Å². The molecular weight excluding hydrogens is 242 g/mol. The summed E-state index contributed by atoms with van der Waals surface area (Å²) in [6, 6.07) is 0. The van der Waals surface area contributed by atoms with E-state index in [0.717, 1.165) is 64.6 Å². The van der Waals surface area contributed by atoms with Gasteiger partial charge in [0.15, 0.2) is 0 Å². The van der Waals surface area contributed by atoms with Gasteiger partial charge >= 0.3 is 0 Å². The molecular formula is C15H27NO3. The Morgan fingerprint density at radius 2 is 2.00 bits per heavy atom. The van der Waals surface area contributed by atoms with Crippen LogP contribution in [-0.4, -0.2) is 43.4 Å². The normalized spacial score (nSPS) is 17.3. The fourth-order valence-electron chi connectivity index (χ4n) is 2.60. The van der Waals surface area contributed by atoms with Crippen LogP contribution in [0, 0.1) is 5.92 Å². The minimum atomic E-state index is 0.307. The number of nitrogens with zero attached hydrogens (tertiary/aromatic N) is 1. The maximum Gasteiger partial charge on any atom is 0.293 e. The summed E-state index contributed by atoms with van der Waals surface area (Å²) in [5.74, 6) is 0.780. The SMILES string of the molecule is CCCCC(=O)C1CCN(CCCCOC=O)CC1. The molecule has 1 heterocycles. The lowest BCUT2D eigenvalue weighted by Gasteiger charge is -2.31. The number of Topliss-reactive ketones (excluding diaryl/α,β-unsaturated/α-hetero) is 1. The van der Waals surface area contributed by atoms with Crippen LogP contribution in [0.25, 0.3) is 0 Å². The van der Waals surface area contributed by atoms with Gasteiger partial charge in [0.2, 0.25) is 0 Å². The Bertz CT molecular complexity index is 260. The second-order valence-electron chi connectivity index (χ2n) is 5.36. The zero-order valence-corrected chi connectivity index (χ0v) is 12.1. The van der Waals surface area contributed by atoms with Gasteiger partial charge < -0.3 is 9.64 Å². The molecule has 0 N–H and O–H groups in total. The largest absolute Gasteiger partial charge is 0.468 e. The molecule has 4 heteroatoms. The van der Waals surface area contributed by atoms with Crippen LogP contribution in [0.15, 0.2) is 0 Å². The van der Waals surface area contributed by atoms with Crippen LogP contribution in [0.5, 0.6) is 0 Å². The third kappa shape index (κ3) is 6.71. The predicted molar refractivity (Wildman–Crippen MR) is 74.9 cm³/mol. The standard InChI is InChI=1S/C15H27NO3/c1-2-3-6-15(18)14-7-10-16(11-8-14)9-4-5-12-19-13-17/h13-14H,2-12H2,1H3. The lowest BCUT2D eigenvalue weighted by Crippen LogP contribution is -2.36. The molecule has 0 bridgehead atoms. The lowest BCUT2D eigenvalue weighted by molar-refractivity contribution is -0.128. The summed E-state index contributed by atoms with van der Waals surface area (Å²) in [6.07, 6.45) is 6.94. The molecule has 0 aromatic carbocycles. The molecule has 0 aromatic heterocycles. The quantitative estimate of drug-likeness (QED) is 0.451. The van der Waals surface area contributed by atoms with Crippen LogP contribution in [0.4, 0.5) is 0 Å². The minimum Gasteiger partial charge on any atom is -0.468 e. The minimum absolute atomic E-state index is 0.307. The van der Waals surface area contributed by atoms with Crippen molar-refractivity contribution in [2.75, 3.05) is 26.2 Å². The molecule has 0 aliphatic carbocycles. The molecule has 1 aliphatic rings. The van der Waals surface area contributed by atoms with Crippen molar-refractivity contribution in [1.29, 1.82) is 0 Å². The van der Waals surface area contributed by atoms with Crippen molar-refractivity contribution in [3.63, 3.8) is 0 Å². The smallest absolute Gasteiger partial charge is 0.293 e. The highest BCUT2D eigenvalue weighted by Crippen LogP contribution is 2.20. The van der Waals surface area contributed by atoms with Crippen LogP contribution in [0.2, 0.25) is 0 Å². The van der Waals surface area contributed by atoms with Crippen molar-refractivity contribution in [3.05, 3.63) is 0 Å². The van der Waals surface area contributed by atoms with Gasteiger partial charge in [-0.05, 0) is 51.7 Å². The summed E-state index contributed by atoms with van der Waals surface area (Å²) in [4.78, 5) is 24.3. The zero-order valence-electron chi connectivity index (χ0n) is 12.1. The predicted octanol–water partition coefficient (Wildman–Crippen LogP) is 2.41. The van der Waals surface area contributed by atoms with E-state index in [9.17, 15) is 9.59 Å². The van der Waals surface area contributed by atoms with Gasteiger partial charge in [0.1, 0.15) is 5.78 Å². The molecule has 0 amide bonds. The monoisotopic (exact) mass is 269 g/mol. The van der Waals surface area contributed by atoms with Gasteiger partial charge in [0.05, 0.1) is 6.61 Å². The highest BCUT2D eigenvalue weighted by molar-refractivity contribution is 5.81. The molecule has 1 rings (SSSR count). The van der Waals surface area contributed by atoms with E-state index in [-0.39, 0.29) is 0 Å². The van der Waals surface area contributed by atoms with Gasteiger partial charge in [0.25, 0.3) is 6.47 Å². The average molecular weight is 269 g/mol. The van der Waals surface area contributed by atoms with E-state index < -0.39 is 0 Å². The number of hydrogen-bond donors (Lipinski definition) is 0. The molecule has 1 fully saturated rings. The molecule has 19 heavy (non-hydrogen) atoms. The summed E-state index contributed by atoms with van der Waals surface area (Å²) in [5.41, 5.74) is 0. The molecule has 110 valence electrons. The van der Waals surface area contributed by atoms with Crippen LogP contribution in [0.3, 0.4) is 0 Å². The number of carbonyl (C=O) groups excluding carboxylic acids is 2. The fourth-order valence-corrected chi connectivity index (χ4v) is 2.60. The van der Waals surface area contributed by atoms with E-state index >= 15 is 0 Å². The van der Waals surface area contributed by atoms with Gasteiger partial charge in [-0.15, -0.1) is 0 Å². The first-order valence-electron chi connectivity index (χ1n) is 7.58. The third-order valence-electron chi connectivity index (χ3n) is 3.87. The molecule has 0 atom stereocenters. The molecule has 1 saturated heterocycles. The molecule has 1 aliphatic heterocycles. The molecule has 0 spiro atoms. The lowest BCUT2D eigenvalue weighted by atomic mass is 9.90. The van der Waals surface area contributed by atoms with E-state index in [1.807, 2.05) is 0 Å². The zero-order chi connectivity index (χ0) is 13.9. The first-order valence-corrected chi connectivity index (χ1v) is 7.58. The Labute approximate surface area is 116 Å². The van der Waals surface area contributed by atoms with Crippen LogP contribution in [-0.2, 0) is 14.3 Å². The molecule has 0 saturated carbocycles. The van der Waals surface area contributed by atoms with E-state index in [4.69, 9.17) is 0 Å². The highest BCUT2D eigenvalue weighted by atomic mass is 16.5. The summed E-state index contributed by atoms with van der Waals surface area (Å²) in [7, 11) is 0. The van der Waals surface area contributed by atoms with E-state index in [0.29, 0.717) is 24.8 Å². The van der Waals surface area contributed by atoms with Crippen molar-refractivity contribution >= 4 is 12.3 Å². The third-order valence-corrected chi connectivity index (χ3v) is 3.87. The summed E-state index contributed by atoms with van der Waals surface area (Å²) < 4.78 is 4.67. The Morgan fingerprint density at radius 1 is 1.26 bits per heavy atom. The van der Waals surface area contributed by atoms with Gasteiger partial charge in [-0.1, -0.05) is 13.3 Å². The number of piperidine rings is 1.